The van der Waals surface area contributed by atoms with Crippen molar-refractivity contribution in [3.8, 4) is 5.75 Å². The lowest BCUT2D eigenvalue weighted by Crippen LogP contribution is -2.07. The van der Waals surface area contributed by atoms with Gasteiger partial charge in [-0.1, -0.05) is 73.8 Å². The number of carbonyl (C=O) groups excluding carboxylic acids is 2. The molecule has 0 N–H and O–H groups in total. The van der Waals surface area contributed by atoms with Gasteiger partial charge in [0.05, 0.1) is 21.7 Å². The maximum atomic E-state index is 11.8. The molecule has 4 nitrogen and oxygen atoms in total. The van der Waals surface area contributed by atoms with Crippen molar-refractivity contribution >= 4 is 46.7 Å². The second kappa shape index (κ2) is 14.1. The van der Waals surface area contributed by atoms with Gasteiger partial charge in [0, 0.05) is 25.0 Å². The number of hydrogen-bond acceptors (Lipinski definition) is 4. The number of halogens is 3. The fraction of sp³-hybridized carbons (Fsp3) is 0.600. The van der Waals surface area contributed by atoms with Crippen LogP contribution in [-0.2, 0) is 14.3 Å². The van der Waals surface area contributed by atoms with Gasteiger partial charge in [0.25, 0.3) is 0 Å². The van der Waals surface area contributed by atoms with Gasteiger partial charge >= 0.3 is 11.9 Å². The number of ether oxygens (including phenoxy) is 2. The first-order chi connectivity index (χ1) is 12.9. The molecule has 0 aliphatic rings. The molecule has 0 radical (unpaired) electrons. The summed E-state index contributed by atoms with van der Waals surface area (Å²) in [5.41, 5.74) is 0. The molecular weight excluding hydrogens is 411 g/mol. The van der Waals surface area contributed by atoms with Gasteiger partial charge in [0.2, 0.25) is 0 Å². The predicted molar refractivity (Wildman–Crippen MR) is 110 cm³/mol. The first-order valence-corrected chi connectivity index (χ1v) is 10.6. The maximum absolute atomic E-state index is 11.8. The molecule has 1 aromatic rings. The fourth-order valence-electron chi connectivity index (χ4n) is 2.42. The van der Waals surface area contributed by atoms with Crippen LogP contribution >= 0.6 is 34.8 Å². The van der Waals surface area contributed by atoms with Crippen LogP contribution in [0, 0.1) is 0 Å². The average Bonchev–Trinajstić information content (AvgIpc) is 2.62. The van der Waals surface area contributed by atoms with Crippen molar-refractivity contribution in [3.63, 3.8) is 0 Å². The first kappa shape index (κ1) is 24.1. The summed E-state index contributed by atoms with van der Waals surface area (Å²) in [6.45, 7) is 2.59. The molecule has 1 aromatic carbocycles. The van der Waals surface area contributed by atoms with E-state index in [0.717, 1.165) is 51.4 Å². The third-order valence-electron chi connectivity index (χ3n) is 3.96. The van der Waals surface area contributed by atoms with Crippen molar-refractivity contribution in [3.05, 3.63) is 27.2 Å². The monoisotopic (exact) mass is 436 g/mol. The molecule has 152 valence electrons. The second-order valence-electron chi connectivity index (χ2n) is 6.37. The molecule has 0 aliphatic heterocycles. The van der Waals surface area contributed by atoms with Crippen LogP contribution in [0.5, 0.6) is 5.75 Å². The number of unbranched alkanes of at least 4 members (excludes halogenated alkanes) is 6. The minimum absolute atomic E-state index is 0.103. The van der Waals surface area contributed by atoms with Crippen molar-refractivity contribution in [1.29, 1.82) is 0 Å². The van der Waals surface area contributed by atoms with Crippen LogP contribution in [0.2, 0.25) is 15.1 Å². The van der Waals surface area contributed by atoms with Crippen molar-refractivity contribution in [2.75, 3.05) is 6.61 Å². The highest BCUT2D eigenvalue weighted by Crippen LogP contribution is 2.34. The summed E-state index contributed by atoms with van der Waals surface area (Å²) in [6, 6.07) is 2.95. The zero-order valence-electron chi connectivity index (χ0n) is 15.7. The van der Waals surface area contributed by atoms with Gasteiger partial charge in [0.15, 0.2) is 0 Å². The van der Waals surface area contributed by atoms with E-state index in [1.54, 1.807) is 0 Å². The summed E-state index contributed by atoms with van der Waals surface area (Å²) >= 11 is 17.7. The third-order valence-corrected chi connectivity index (χ3v) is 5.16. The Kier molecular flexibility index (Phi) is 12.6. The molecule has 0 saturated carbocycles. The number of esters is 2. The molecule has 0 aromatic heterocycles. The Labute approximate surface area is 176 Å². The molecule has 0 aliphatic carbocycles. The molecule has 0 saturated heterocycles. The molecule has 0 amide bonds. The van der Waals surface area contributed by atoms with Crippen LogP contribution in [0.25, 0.3) is 0 Å². The van der Waals surface area contributed by atoms with Gasteiger partial charge < -0.3 is 9.47 Å². The molecule has 7 heteroatoms. The molecule has 0 unspecified atom stereocenters. The molecule has 1 rings (SSSR count). The highest BCUT2D eigenvalue weighted by molar-refractivity contribution is 6.48. The Morgan fingerprint density at radius 1 is 0.815 bits per heavy atom. The fourth-order valence-corrected chi connectivity index (χ4v) is 3.00. The number of carbonyl (C=O) groups is 2. The van der Waals surface area contributed by atoms with Gasteiger partial charge in [-0.05, 0) is 19.3 Å². The summed E-state index contributed by atoms with van der Waals surface area (Å²) in [5.74, 6) is -0.127. The van der Waals surface area contributed by atoms with Crippen LogP contribution in [-0.4, -0.2) is 18.5 Å². The Balaban J connectivity index is 2.05. The summed E-state index contributed by atoms with van der Waals surface area (Å²) in [7, 11) is 0. The average molecular weight is 438 g/mol. The standard InChI is InChI=1S/C20H27Cl3O4/c1-2-3-12-26-18(24)10-8-6-4-5-7-9-11-19(25)27-15-13-16(21)20(23)17(22)14-15/h13-14H,2-12H2,1H3. The van der Waals surface area contributed by atoms with E-state index in [1.165, 1.54) is 12.1 Å². The topological polar surface area (TPSA) is 52.6 Å². The molecule has 0 bridgehead atoms. The largest absolute Gasteiger partial charge is 0.466 e. The zero-order valence-corrected chi connectivity index (χ0v) is 18.0. The van der Waals surface area contributed by atoms with E-state index in [1.807, 2.05) is 0 Å². The number of hydrogen-bond donors (Lipinski definition) is 0. The smallest absolute Gasteiger partial charge is 0.311 e. The van der Waals surface area contributed by atoms with Crippen LogP contribution in [0.15, 0.2) is 12.1 Å². The minimum Gasteiger partial charge on any atom is -0.466 e. The molecular formula is C20H27Cl3O4. The van der Waals surface area contributed by atoms with E-state index in [-0.39, 0.29) is 27.0 Å². The Hall–Kier alpha value is -0.970. The predicted octanol–water partition coefficient (Wildman–Crippen LogP) is 7.02. The third kappa shape index (κ3) is 10.8. The van der Waals surface area contributed by atoms with E-state index >= 15 is 0 Å². The molecule has 0 atom stereocenters. The van der Waals surface area contributed by atoms with Crippen LogP contribution in [0.1, 0.15) is 71.1 Å². The zero-order chi connectivity index (χ0) is 20.1. The first-order valence-electron chi connectivity index (χ1n) is 9.45. The van der Waals surface area contributed by atoms with Crippen molar-refractivity contribution < 1.29 is 19.1 Å². The summed E-state index contributed by atoms with van der Waals surface area (Å²) in [6.07, 6.45) is 8.39. The van der Waals surface area contributed by atoms with Gasteiger partial charge in [0.1, 0.15) is 5.75 Å². The maximum Gasteiger partial charge on any atom is 0.311 e. The van der Waals surface area contributed by atoms with E-state index in [9.17, 15) is 9.59 Å². The van der Waals surface area contributed by atoms with Gasteiger partial charge in [-0.3, -0.25) is 9.59 Å². The van der Waals surface area contributed by atoms with Crippen LogP contribution in [0.3, 0.4) is 0 Å². The van der Waals surface area contributed by atoms with E-state index in [2.05, 4.69) is 6.92 Å². The van der Waals surface area contributed by atoms with Crippen molar-refractivity contribution in [1.82, 2.24) is 0 Å². The highest BCUT2D eigenvalue weighted by Gasteiger charge is 2.10. The lowest BCUT2D eigenvalue weighted by molar-refractivity contribution is -0.144. The van der Waals surface area contributed by atoms with Gasteiger partial charge in [-0.2, -0.15) is 0 Å². The van der Waals surface area contributed by atoms with Gasteiger partial charge in [-0.25, -0.2) is 0 Å². The van der Waals surface area contributed by atoms with E-state index in [0.29, 0.717) is 25.2 Å². The second-order valence-corrected chi connectivity index (χ2v) is 7.56. The van der Waals surface area contributed by atoms with Crippen molar-refractivity contribution in [2.24, 2.45) is 0 Å². The quantitative estimate of drug-likeness (QED) is 0.144. The summed E-state index contributed by atoms with van der Waals surface area (Å²) < 4.78 is 10.3. The highest BCUT2D eigenvalue weighted by atomic mass is 35.5. The SMILES string of the molecule is CCCCOC(=O)CCCCCCCCC(=O)Oc1cc(Cl)c(Cl)c(Cl)c1. The number of rotatable bonds is 13. The molecule has 0 heterocycles. The lowest BCUT2D eigenvalue weighted by Gasteiger charge is -2.07. The molecule has 27 heavy (non-hydrogen) atoms. The normalized spacial score (nSPS) is 10.7. The van der Waals surface area contributed by atoms with Crippen molar-refractivity contribution in [2.45, 2.75) is 71.1 Å². The Bertz CT molecular complexity index is 582. The molecule has 0 spiro atoms. The van der Waals surface area contributed by atoms with E-state index in [4.69, 9.17) is 44.3 Å². The number of benzene rings is 1. The van der Waals surface area contributed by atoms with E-state index < -0.39 is 0 Å². The molecule has 0 fully saturated rings. The van der Waals surface area contributed by atoms with Crippen LogP contribution in [0.4, 0.5) is 0 Å². The summed E-state index contributed by atoms with van der Waals surface area (Å²) in [5, 5.41) is 0.745. The Morgan fingerprint density at radius 2 is 1.33 bits per heavy atom. The minimum atomic E-state index is -0.320. The lowest BCUT2D eigenvalue weighted by atomic mass is 10.1. The van der Waals surface area contributed by atoms with Gasteiger partial charge in [-0.15, -0.1) is 0 Å². The summed E-state index contributed by atoms with van der Waals surface area (Å²) in [4.78, 5) is 23.3. The Morgan fingerprint density at radius 3 is 1.89 bits per heavy atom. The van der Waals surface area contributed by atoms with Crippen LogP contribution < -0.4 is 4.74 Å².